The third-order valence-electron chi connectivity index (χ3n) is 3.07. The number of nitrogens with one attached hydrogen (secondary N) is 1. The molecule has 1 saturated carbocycles. The maximum absolute atomic E-state index is 5.77. The molecule has 0 spiro atoms. The van der Waals surface area contributed by atoms with Gasteiger partial charge in [0.2, 0.25) is 0 Å². The first-order valence-corrected chi connectivity index (χ1v) is 6.84. The molecule has 0 amide bonds. The molecule has 108 valence electrons. The monoisotopic (exact) mass is 369 g/mol. The van der Waals surface area contributed by atoms with Crippen LogP contribution in [0.5, 0.6) is 0 Å². The van der Waals surface area contributed by atoms with E-state index in [2.05, 4.69) is 24.2 Å². The van der Waals surface area contributed by atoms with Crippen molar-refractivity contribution in [3.63, 3.8) is 0 Å². The van der Waals surface area contributed by atoms with Crippen LogP contribution in [0, 0.1) is 5.92 Å². The summed E-state index contributed by atoms with van der Waals surface area (Å²) in [5, 5.41) is 3.15. The van der Waals surface area contributed by atoms with Crippen molar-refractivity contribution in [3.8, 4) is 0 Å². The van der Waals surface area contributed by atoms with Gasteiger partial charge in [-0.2, -0.15) is 0 Å². The van der Waals surface area contributed by atoms with Gasteiger partial charge in [-0.15, -0.1) is 24.0 Å². The van der Waals surface area contributed by atoms with Crippen LogP contribution in [0.1, 0.15) is 46.0 Å². The fourth-order valence-corrected chi connectivity index (χ4v) is 1.72. The highest BCUT2D eigenvalue weighted by molar-refractivity contribution is 14.0. The minimum atomic E-state index is 0. The molecule has 1 aliphatic carbocycles. The average molecular weight is 369 g/mol. The molecule has 18 heavy (non-hydrogen) atoms. The molecule has 0 aromatic heterocycles. The Labute approximate surface area is 128 Å². The molecule has 0 saturated heterocycles. The second kappa shape index (κ2) is 10.8. The van der Waals surface area contributed by atoms with Crippen LogP contribution >= 0.6 is 24.0 Å². The van der Waals surface area contributed by atoms with Crippen LogP contribution in [-0.2, 0) is 4.74 Å². The summed E-state index contributed by atoms with van der Waals surface area (Å²) in [6.07, 6.45) is 6.49. The van der Waals surface area contributed by atoms with Crippen LogP contribution in [-0.4, -0.2) is 31.8 Å². The molecule has 5 heteroatoms. The van der Waals surface area contributed by atoms with Crippen molar-refractivity contribution in [2.45, 2.75) is 52.1 Å². The first-order valence-electron chi connectivity index (χ1n) is 6.84. The number of guanidine groups is 1. The van der Waals surface area contributed by atoms with Crippen LogP contribution in [0.2, 0.25) is 0 Å². The van der Waals surface area contributed by atoms with Gasteiger partial charge in [0, 0.05) is 19.7 Å². The van der Waals surface area contributed by atoms with Gasteiger partial charge >= 0.3 is 0 Å². The topological polar surface area (TPSA) is 59.6 Å². The number of hydrogen-bond donors (Lipinski definition) is 2. The van der Waals surface area contributed by atoms with Gasteiger partial charge in [0.1, 0.15) is 0 Å². The minimum Gasteiger partial charge on any atom is -0.379 e. The highest BCUT2D eigenvalue weighted by Gasteiger charge is 2.16. The second-order valence-corrected chi connectivity index (χ2v) is 5.08. The van der Waals surface area contributed by atoms with Gasteiger partial charge in [-0.3, -0.25) is 4.99 Å². The van der Waals surface area contributed by atoms with Crippen molar-refractivity contribution >= 4 is 29.9 Å². The zero-order chi connectivity index (χ0) is 12.5. The SMILES string of the molecule is CC(C)OCCCCNC(N)=NCC1CCC1.I. The van der Waals surface area contributed by atoms with Crippen LogP contribution in [0.25, 0.3) is 0 Å². The van der Waals surface area contributed by atoms with Crippen molar-refractivity contribution in [2.24, 2.45) is 16.6 Å². The van der Waals surface area contributed by atoms with Gasteiger partial charge in [0.05, 0.1) is 6.10 Å². The number of halogens is 1. The molecule has 0 unspecified atom stereocenters. The summed E-state index contributed by atoms with van der Waals surface area (Å²) >= 11 is 0. The van der Waals surface area contributed by atoms with Crippen LogP contribution in [0.3, 0.4) is 0 Å². The van der Waals surface area contributed by atoms with Gasteiger partial charge in [0.25, 0.3) is 0 Å². The Bertz CT molecular complexity index is 230. The minimum absolute atomic E-state index is 0. The lowest BCUT2D eigenvalue weighted by atomic mass is 9.86. The molecule has 0 aromatic carbocycles. The van der Waals surface area contributed by atoms with E-state index in [4.69, 9.17) is 10.5 Å². The number of rotatable bonds is 8. The van der Waals surface area contributed by atoms with Crippen LogP contribution < -0.4 is 11.1 Å². The first kappa shape index (κ1) is 18.0. The summed E-state index contributed by atoms with van der Waals surface area (Å²) in [5.74, 6) is 1.39. The number of aliphatic imine (C=N–C) groups is 1. The quantitative estimate of drug-likeness (QED) is 0.299. The van der Waals surface area contributed by atoms with Gasteiger partial charge in [0.15, 0.2) is 5.96 Å². The van der Waals surface area contributed by atoms with E-state index >= 15 is 0 Å². The van der Waals surface area contributed by atoms with Gasteiger partial charge in [-0.25, -0.2) is 0 Å². The fraction of sp³-hybridized carbons (Fsp3) is 0.923. The lowest BCUT2D eigenvalue weighted by Crippen LogP contribution is -2.33. The molecular formula is C13H28IN3O. The molecule has 1 aliphatic rings. The Morgan fingerprint density at radius 3 is 2.67 bits per heavy atom. The van der Waals surface area contributed by atoms with Crippen molar-refractivity contribution in [1.29, 1.82) is 0 Å². The highest BCUT2D eigenvalue weighted by atomic mass is 127. The smallest absolute Gasteiger partial charge is 0.188 e. The zero-order valence-corrected chi connectivity index (χ0v) is 14.0. The average Bonchev–Trinajstić information content (AvgIpc) is 2.20. The molecule has 3 N–H and O–H groups in total. The van der Waals surface area contributed by atoms with Gasteiger partial charge in [-0.1, -0.05) is 6.42 Å². The summed E-state index contributed by atoms with van der Waals surface area (Å²) in [6, 6.07) is 0. The molecule has 0 aromatic rings. The van der Waals surface area contributed by atoms with Gasteiger partial charge < -0.3 is 15.8 Å². The van der Waals surface area contributed by atoms with Gasteiger partial charge in [-0.05, 0) is 45.4 Å². The third-order valence-corrected chi connectivity index (χ3v) is 3.07. The highest BCUT2D eigenvalue weighted by Crippen LogP contribution is 2.26. The number of nitrogens with two attached hydrogens (primary N) is 1. The summed E-state index contributed by atoms with van der Waals surface area (Å²) in [6.45, 7) is 6.74. The predicted molar refractivity (Wildman–Crippen MR) is 87.6 cm³/mol. The fourth-order valence-electron chi connectivity index (χ4n) is 1.72. The molecular weight excluding hydrogens is 341 g/mol. The second-order valence-electron chi connectivity index (χ2n) is 5.08. The van der Waals surface area contributed by atoms with E-state index in [0.29, 0.717) is 12.1 Å². The Hall–Kier alpha value is -0.0400. The molecule has 0 radical (unpaired) electrons. The standard InChI is InChI=1S/C13H27N3O.HI/c1-11(2)17-9-4-3-8-15-13(14)16-10-12-6-5-7-12;/h11-12H,3-10H2,1-2H3,(H3,14,15,16);1H. The van der Waals surface area contributed by atoms with E-state index in [1.807, 2.05) is 0 Å². The molecule has 0 atom stereocenters. The third kappa shape index (κ3) is 8.97. The summed E-state index contributed by atoms with van der Waals surface area (Å²) in [4.78, 5) is 4.34. The zero-order valence-electron chi connectivity index (χ0n) is 11.7. The Balaban J connectivity index is 0.00000289. The Morgan fingerprint density at radius 2 is 2.11 bits per heavy atom. The van der Waals surface area contributed by atoms with E-state index in [9.17, 15) is 0 Å². The van der Waals surface area contributed by atoms with E-state index in [0.717, 1.165) is 38.5 Å². The number of hydrogen-bond acceptors (Lipinski definition) is 2. The maximum Gasteiger partial charge on any atom is 0.188 e. The number of unbranched alkanes of at least 4 members (excludes halogenated alkanes) is 1. The number of nitrogens with zero attached hydrogens (tertiary/aromatic N) is 1. The number of ether oxygens (including phenoxy) is 1. The molecule has 1 fully saturated rings. The van der Waals surface area contributed by atoms with Crippen molar-refractivity contribution in [1.82, 2.24) is 5.32 Å². The lowest BCUT2D eigenvalue weighted by Gasteiger charge is -2.23. The maximum atomic E-state index is 5.77. The lowest BCUT2D eigenvalue weighted by molar-refractivity contribution is 0.0762. The molecule has 4 nitrogen and oxygen atoms in total. The molecule has 1 rings (SSSR count). The summed E-state index contributed by atoms with van der Waals surface area (Å²) in [5.41, 5.74) is 5.77. The van der Waals surface area contributed by atoms with E-state index < -0.39 is 0 Å². The van der Waals surface area contributed by atoms with E-state index in [-0.39, 0.29) is 24.0 Å². The summed E-state index contributed by atoms with van der Waals surface area (Å²) in [7, 11) is 0. The largest absolute Gasteiger partial charge is 0.379 e. The molecule has 0 heterocycles. The van der Waals surface area contributed by atoms with E-state index in [1.165, 1.54) is 19.3 Å². The van der Waals surface area contributed by atoms with Crippen LogP contribution in [0.15, 0.2) is 4.99 Å². The summed E-state index contributed by atoms with van der Waals surface area (Å²) < 4.78 is 5.46. The normalized spacial score (nSPS) is 16.3. The Kier molecular flexibility index (Phi) is 10.8. The van der Waals surface area contributed by atoms with Crippen molar-refractivity contribution in [2.75, 3.05) is 19.7 Å². The van der Waals surface area contributed by atoms with Crippen LogP contribution in [0.4, 0.5) is 0 Å². The van der Waals surface area contributed by atoms with Crippen molar-refractivity contribution in [3.05, 3.63) is 0 Å². The predicted octanol–water partition coefficient (Wildman–Crippen LogP) is 2.51. The van der Waals surface area contributed by atoms with E-state index in [1.54, 1.807) is 0 Å². The Morgan fingerprint density at radius 1 is 1.39 bits per heavy atom. The van der Waals surface area contributed by atoms with Crippen molar-refractivity contribution < 1.29 is 4.74 Å². The first-order chi connectivity index (χ1) is 8.18. The molecule has 0 aliphatic heterocycles. The molecule has 0 bridgehead atoms.